The van der Waals surface area contributed by atoms with Crippen molar-refractivity contribution in [1.82, 2.24) is 20.5 Å². The number of ketones is 1. The van der Waals surface area contributed by atoms with Crippen molar-refractivity contribution in [2.24, 2.45) is 23.7 Å². The van der Waals surface area contributed by atoms with E-state index in [1.807, 2.05) is 0 Å². The summed E-state index contributed by atoms with van der Waals surface area (Å²) in [5.41, 5.74) is -0.697. The van der Waals surface area contributed by atoms with Crippen molar-refractivity contribution in [3.05, 3.63) is 49.7 Å². The molecule has 4 saturated carbocycles. The summed E-state index contributed by atoms with van der Waals surface area (Å²) in [7, 11) is 1.31. The van der Waals surface area contributed by atoms with Gasteiger partial charge in [-0.15, -0.1) is 0 Å². The van der Waals surface area contributed by atoms with Gasteiger partial charge >= 0.3 is 0 Å². The van der Waals surface area contributed by atoms with E-state index in [-0.39, 0.29) is 47.5 Å². The molecule has 43 heavy (non-hydrogen) atoms. The van der Waals surface area contributed by atoms with Crippen LogP contribution in [0.3, 0.4) is 0 Å². The standard InChI is InChI=1S/C29H33Br2N5O7/c1-32-27(40)21(37)5-4-19(33-28(41)22-12-18(30)25(31)43-22)26(39)34-20-3-2-6-36(29(20)42)13-23(38)35-24-16-8-14-7-15(10-16)11-17(24)9-14/h2-3,6,12,14-17,19,24H,4-5,7-11,13H2,1H3,(H,32,40)(H,33,41)(H,34,39)(H,35,38)/t14?,15?,16?,17?,19-,24?/m0/s1. The molecule has 0 unspecified atom stereocenters. The van der Waals surface area contributed by atoms with Gasteiger partial charge in [-0.05, 0) is 106 Å². The molecule has 0 spiro atoms. The van der Waals surface area contributed by atoms with Crippen molar-refractivity contribution >= 4 is 67.0 Å². The van der Waals surface area contributed by atoms with E-state index in [4.69, 9.17) is 4.42 Å². The number of amides is 4. The average Bonchev–Trinajstić information content (AvgIpc) is 3.31. The van der Waals surface area contributed by atoms with Crippen LogP contribution >= 0.6 is 31.9 Å². The second-order valence-corrected chi connectivity index (χ2v) is 13.2. The lowest BCUT2D eigenvalue weighted by Gasteiger charge is -2.54. The van der Waals surface area contributed by atoms with Gasteiger partial charge in [0.1, 0.15) is 18.3 Å². The van der Waals surface area contributed by atoms with Crippen molar-refractivity contribution in [3.63, 3.8) is 0 Å². The molecule has 0 radical (unpaired) electrons. The Hall–Kier alpha value is -3.26. The summed E-state index contributed by atoms with van der Waals surface area (Å²) < 4.78 is 7.29. The molecule has 4 fully saturated rings. The number of nitrogens with zero attached hydrogens (tertiary/aromatic N) is 1. The van der Waals surface area contributed by atoms with Crippen LogP contribution < -0.4 is 26.8 Å². The smallest absolute Gasteiger partial charge is 0.287 e. The molecule has 12 nitrogen and oxygen atoms in total. The topological polar surface area (TPSA) is 169 Å². The number of Topliss-reactive ketones (excluding diaryl/α,β-unsaturated/α-hetero) is 1. The number of aromatic nitrogens is 1. The number of rotatable bonds is 11. The van der Waals surface area contributed by atoms with Gasteiger partial charge in [0.2, 0.25) is 17.6 Å². The minimum atomic E-state index is -1.29. The molecule has 0 saturated heterocycles. The molecule has 1 atom stereocenters. The molecule has 2 aromatic heterocycles. The predicted octanol–water partition coefficient (Wildman–Crippen LogP) is 2.74. The van der Waals surface area contributed by atoms with Crippen molar-refractivity contribution in [1.29, 1.82) is 0 Å². The number of anilines is 1. The highest BCUT2D eigenvalue weighted by molar-refractivity contribution is 9.13. The summed E-state index contributed by atoms with van der Waals surface area (Å²) in [6.07, 6.45) is 6.84. The van der Waals surface area contributed by atoms with Crippen LogP contribution in [0.25, 0.3) is 0 Å². The van der Waals surface area contributed by atoms with Gasteiger partial charge in [0.05, 0.1) is 4.47 Å². The molecular formula is C29H33Br2N5O7. The lowest BCUT2D eigenvalue weighted by molar-refractivity contribution is -0.137. The number of nitrogens with one attached hydrogen (secondary N) is 4. The number of furan rings is 1. The summed E-state index contributed by atoms with van der Waals surface area (Å²) in [5, 5.41) is 10.4. The highest BCUT2D eigenvalue weighted by Crippen LogP contribution is 2.53. The van der Waals surface area contributed by atoms with Crippen LogP contribution in [0.1, 0.15) is 55.5 Å². The Kier molecular flexibility index (Phi) is 9.54. The zero-order valence-electron chi connectivity index (χ0n) is 23.5. The largest absolute Gasteiger partial charge is 0.443 e. The summed E-state index contributed by atoms with van der Waals surface area (Å²) in [6, 6.07) is 3.16. The van der Waals surface area contributed by atoms with Crippen molar-refractivity contribution < 1.29 is 28.4 Å². The maximum Gasteiger partial charge on any atom is 0.287 e. The highest BCUT2D eigenvalue weighted by atomic mass is 79.9. The minimum absolute atomic E-state index is 0.102. The van der Waals surface area contributed by atoms with E-state index in [0.29, 0.717) is 16.3 Å². The van der Waals surface area contributed by atoms with E-state index in [1.165, 1.54) is 42.4 Å². The quantitative estimate of drug-likeness (QED) is 0.259. The second-order valence-electron chi connectivity index (χ2n) is 11.7. The lowest BCUT2D eigenvalue weighted by atomic mass is 9.54. The zero-order chi connectivity index (χ0) is 30.8. The van der Waals surface area contributed by atoms with E-state index < -0.39 is 35.1 Å². The molecule has 14 heteroatoms. The third kappa shape index (κ3) is 7.11. The number of likely N-dealkylation sites (N-methyl/N-ethyl adjacent to an activating group) is 1. The number of hydrogen-bond acceptors (Lipinski definition) is 7. The van der Waals surface area contributed by atoms with Crippen LogP contribution in [0.15, 0.2) is 42.7 Å². The van der Waals surface area contributed by atoms with Gasteiger partial charge in [-0.3, -0.25) is 28.8 Å². The number of halogens is 2. The SMILES string of the molecule is CNC(=O)C(=O)CC[C@H](NC(=O)c1cc(Br)c(Br)o1)C(=O)Nc1cccn(CC(=O)NC2C3CC4CC(C3)CC2C4)c1=O. The Labute approximate surface area is 264 Å². The second kappa shape index (κ2) is 13.2. The Morgan fingerprint density at radius 2 is 1.72 bits per heavy atom. The van der Waals surface area contributed by atoms with Gasteiger partial charge in [0.25, 0.3) is 17.4 Å². The third-order valence-corrected chi connectivity index (χ3v) is 10.5. The molecule has 4 N–H and O–H groups in total. The molecule has 2 heterocycles. The molecule has 4 aliphatic rings. The van der Waals surface area contributed by atoms with E-state index in [9.17, 15) is 28.8 Å². The molecule has 2 aromatic rings. The normalized spacial score (nSPS) is 24.2. The first-order valence-electron chi connectivity index (χ1n) is 14.3. The maximum atomic E-state index is 13.3. The molecule has 4 bridgehead atoms. The maximum absolute atomic E-state index is 13.3. The Morgan fingerprint density at radius 1 is 1.05 bits per heavy atom. The third-order valence-electron chi connectivity index (χ3n) is 8.78. The van der Waals surface area contributed by atoms with Crippen LogP contribution in [-0.4, -0.2) is 53.1 Å². The first kappa shape index (κ1) is 31.2. The summed E-state index contributed by atoms with van der Waals surface area (Å²) in [4.78, 5) is 76.1. The van der Waals surface area contributed by atoms with Gasteiger partial charge in [0.15, 0.2) is 10.4 Å². The number of carbonyl (C=O) groups is 5. The number of carbonyl (C=O) groups excluding carboxylic acids is 5. The summed E-state index contributed by atoms with van der Waals surface area (Å²) in [6.45, 7) is -0.200. The molecule has 0 aliphatic heterocycles. The Morgan fingerprint density at radius 3 is 2.33 bits per heavy atom. The van der Waals surface area contributed by atoms with Crippen LogP contribution in [-0.2, 0) is 25.7 Å². The van der Waals surface area contributed by atoms with Crippen molar-refractivity contribution in [3.8, 4) is 0 Å². The van der Waals surface area contributed by atoms with Gasteiger partial charge in [-0.2, -0.15) is 0 Å². The van der Waals surface area contributed by atoms with Gasteiger partial charge in [-0.1, -0.05) is 0 Å². The fourth-order valence-corrected chi connectivity index (χ4v) is 7.59. The molecule has 0 aromatic carbocycles. The molecular weight excluding hydrogens is 690 g/mol. The van der Waals surface area contributed by atoms with Gasteiger partial charge < -0.3 is 30.3 Å². The lowest BCUT2D eigenvalue weighted by Crippen LogP contribution is -2.56. The van der Waals surface area contributed by atoms with Crippen molar-refractivity contribution in [2.45, 2.75) is 63.6 Å². The highest BCUT2D eigenvalue weighted by Gasteiger charge is 2.48. The molecule has 230 valence electrons. The van der Waals surface area contributed by atoms with E-state index >= 15 is 0 Å². The molecule has 6 rings (SSSR count). The average molecular weight is 723 g/mol. The molecule has 4 aliphatic carbocycles. The molecule has 4 amide bonds. The fraction of sp³-hybridized carbons (Fsp3) is 0.517. The summed E-state index contributed by atoms with van der Waals surface area (Å²) in [5.74, 6) is -0.956. The van der Waals surface area contributed by atoms with E-state index in [2.05, 4.69) is 53.1 Å². The Bertz CT molecular complexity index is 1450. The number of hydrogen-bond donors (Lipinski definition) is 4. The van der Waals surface area contributed by atoms with E-state index in [0.717, 1.165) is 37.5 Å². The van der Waals surface area contributed by atoms with Crippen LogP contribution in [0.2, 0.25) is 0 Å². The fourth-order valence-electron chi connectivity index (χ4n) is 7.01. The van der Waals surface area contributed by atoms with Crippen molar-refractivity contribution in [2.75, 3.05) is 12.4 Å². The first-order valence-corrected chi connectivity index (χ1v) is 15.9. The monoisotopic (exact) mass is 721 g/mol. The van der Waals surface area contributed by atoms with Gasteiger partial charge in [-0.25, -0.2) is 0 Å². The number of pyridine rings is 1. The van der Waals surface area contributed by atoms with Crippen LogP contribution in [0.4, 0.5) is 5.69 Å². The van der Waals surface area contributed by atoms with E-state index in [1.54, 1.807) is 0 Å². The summed E-state index contributed by atoms with van der Waals surface area (Å²) >= 11 is 6.36. The first-order chi connectivity index (χ1) is 20.5. The van der Waals surface area contributed by atoms with Crippen LogP contribution in [0.5, 0.6) is 0 Å². The van der Waals surface area contributed by atoms with Gasteiger partial charge in [0, 0.05) is 31.8 Å². The Balaban J connectivity index is 1.25. The predicted molar refractivity (Wildman–Crippen MR) is 162 cm³/mol. The minimum Gasteiger partial charge on any atom is -0.443 e. The zero-order valence-corrected chi connectivity index (χ0v) is 26.7. The van der Waals surface area contributed by atoms with Crippen LogP contribution in [0, 0.1) is 23.7 Å².